The molecule has 0 aromatic heterocycles. The Hall–Kier alpha value is -1.21. The number of hydrogen-bond acceptors (Lipinski definition) is 6. The molecule has 0 saturated carbocycles. The summed E-state index contributed by atoms with van der Waals surface area (Å²) in [6, 6.07) is 18.2. The number of unbranched alkanes of at least 4 members (excludes halogenated alkanes) is 28. The Morgan fingerprint density at radius 3 is 0.812 bits per heavy atom. The summed E-state index contributed by atoms with van der Waals surface area (Å²) in [5, 5.41) is 3.09. The van der Waals surface area contributed by atoms with Crippen LogP contribution in [0.2, 0.25) is 0 Å². The van der Waals surface area contributed by atoms with Gasteiger partial charge in [-0.05, 0) is 107 Å². The number of benzene rings is 4. The molecule has 0 spiro atoms. The first-order valence-electron chi connectivity index (χ1n) is 28.0. The molecule has 0 bridgehead atoms. The van der Waals surface area contributed by atoms with Crippen molar-refractivity contribution in [3.05, 3.63) is 82.9 Å². The van der Waals surface area contributed by atoms with Crippen LogP contribution in [0, 0.1) is 0 Å². The fourth-order valence-electron chi connectivity index (χ4n) is 10.1. The molecular formula is C60H94BaO6S2. The zero-order chi connectivity index (χ0) is 49.3. The summed E-state index contributed by atoms with van der Waals surface area (Å²) in [6.07, 6.45) is 45.1. The molecular weight excluding hydrogens is 1020 g/mol. The molecule has 4 aromatic rings. The van der Waals surface area contributed by atoms with E-state index in [1.54, 1.807) is 12.1 Å². The Labute approximate surface area is 463 Å². The van der Waals surface area contributed by atoms with Crippen LogP contribution in [0.5, 0.6) is 0 Å². The monoisotopic (exact) mass is 1110 g/mol. The average Bonchev–Trinajstić information content (AvgIpc) is 3.32. The Morgan fingerprint density at radius 1 is 0.304 bits per heavy atom. The van der Waals surface area contributed by atoms with Crippen molar-refractivity contribution in [2.75, 3.05) is 0 Å². The van der Waals surface area contributed by atoms with E-state index in [1.165, 1.54) is 227 Å². The summed E-state index contributed by atoms with van der Waals surface area (Å²) in [5.41, 5.74) is 5.19. The molecule has 9 heteroatoms. The van der Waals surface area contributed by atoms with Crippen LogP contribution < -0.4 is 0 Å². The second-order valence-electron chi connectivity index (χ2n) is 19.9. The van der Waals surface area contributed by atoms with Gasteiger partial charge >= 0.3 is 48.9 Å². The van der Waals surface area contributed by atoms with Gasteiger partial charge in [-0.25, -0.2) is 16.8 Å². The number of rotatable bonds is 38. The first-order valence-corrected chi connectivity index (χ1v) is 30.8. The molecule has 384 valence electrons. The second kappa shape index (κ2) is 38.4. The van der Waals surface area contributed by atoms with Gasteiger partial charge in [0.25, 0.3) is 0 Å². The summed E-state index contributed by atoms with van der Waals surface area (Å²) in [4.78, 5) is -0.165. The van der Waals surface area contributed by atoms with Crippen LogP contribution in [0.25, 0.3) is 21.5 Å². The van der Waals surface area contributed by atoms with E-state index < -0.39 is 20.2 Å². The Bertz CT molecular complexity index is 2030. The van der Waals surface area contributed by atoms with Crippen LogP contribution in [-0.2, 0) is 45.9 Å². The third kappa shape index (κ3) is 25.5. The van der Waals surface area contributed by atoms with Gasteiger partial charge in [-0.2, -0.15) is 0 Å². The van der Waals surface area contributed by atoms with Crippen LogP contribution in [0.15, 0.2) is 70.5 Å². The van der Waals surface area contributed by atoms with Crippen molar-refractivity contribution in [1.29, 1.82) is 0 Å². The molecule has 0 unspecified atom stereocenters. The van der Waals surface area contributed by atoms with Crippen LogP contribution in [-0.4, -0.2) is 74.8 Å². The van der Waals surface area contributed by atoms with Crippen molar-refractivity contribution in [2.24, 2.45) is 0 Å². The predicted molar refractivity (Wildman–Crippen MR) is 295 cm³/mol. The minimum absolute atomic E-state index is 0. The molecule has 69 heavy (non-hydrogen) atoms. The molecule has 0 atom stereocenters. The van der Waals surface area contributed by atoms with E-state index in [0.29, 0.717) is 10.8 Å². The number of fused-ring (bicyclic) bond motifs is 2. The normalized spacial score (nSPS) is 11.8. The fourth-order valence-corrected chi connectivity index (χ4v) is 11.5. The van der Waals surface area contributed by atoms with Gasteiger partial charge in [-0.1, -0.05) is 256 Å². The molecule has 0 aliphatic heterocycles. The van der Waals surface area contributed by atoms with E-state index in [2.05, 4.69) is 39.8 Å². The van der Waals surface area contributed by atoms with Crippen molar-refractivity contribution < 1.29 is 25.9 Å². The minimum Gasteiger partial charge on any atom is -0.744 e. The van der Waals surface area contributed by atoms with Gasteiger partial charge in [-0.15, -0.1) is 0 Å². The van der Waals surface area contributed by atoms with Crippen molar-refractivity contribution in [1.82, 2.24) is 0 Å². The summed E-state index contributed by atoms with van der Waals surface area (Å²) in [5.74, 6) is 0. The third-order valence-electron chi connectivity index (χ3n) is 14.2. The third-order valence-corrected chi connectivity index (χ3v) is 15.9. The Morgan fingerprint density at radius 2 is 0.551 bits per heavy atom. The zero-order valence-electron chi connectivity index (χ0n) is 44.2. The summed E-state index contributed by atoms with van der Waals surface area (Å²) in [6.45, 7) is 9.01. The van der Waals surface area contributed by atoms with E-state index in [9.17, 15) is 25.9 Å². The Kier molecular flexibility index (Phi) is 35.5. The van der Waals surface area contributed by atoms with Gasteiger partial charge in [0, 0.05) is 0 Å². The molecule has 0 aliphatic carbocycles. The van der Waals surface area contributed by atoms with Gasteiger partial charge in [0.1, 0.15) is 20.2 Å². The Balaban J connectivity index is 0.000000467. The van der Waals surface area contributed by atoms with Gasteiger partial charge in [-0.3, -0.25) is 0 Å². The molecule has 0 aliphatic rings. The molecule has 0 radical (unpaired) electrons. The van der Waals surface area contributed by atoms with Crippen LogP contribution >= 0.6 is 0 Å². The molecule has 0 saturated heterocycles. The van der Waals surface area contributed by atoms with E-state index in [0.717, 1.165) is 49.3 Å². The van der Waals surface area contributed by atoms with E-state index in [4.69, 9.17) is 0 Å². The summed E-state index contributed by atoms with van der Waals surface area (Å²) >= 11 is 0. The van der Waals surface area contributed by atoms with Crippen LogP contribution in [0.4, 0.5) is 0 Å². The van der Waals surface area contributed by atoms with Crippen molar-refractivity contribution >= 4 is 90.7 Å². The maximum Gasteiger partial charge on any atom is 2.00 e. The van der Waals surface area contributed by atoms with Gasteiger partial charge < -0.3 is 9.11 Å². The predicted octanol–water partition coefficient (Wildman–Crippen LogP) is 17.8. The number of hydrogen-bond donors (Lipinski definition) is 0. The van der Waals surface area contributed by atoms with Crippen LogP contribution in [0.3, 0.4) is 0 Å². The molecule has 0 N–H and O–H groups in total. The van der Waals surface area contributed by atoms with Gasteiger partial charge in [0.15, 0.2) is 0 Å². The molecule has 6 nitrogen and oxygen atoms in total. The van der Waals surface area contributed by atoms with E-state index in [-0.39, 0.29) is 58.7 Å². The molecule has 0 heterocycles. The zero-order valence-corrected chi connectivity index (χ0v) is 50.3. The molecule has 4 aromatic carbocycles. The summed E-state index contributed by atoms with van der Waals surface area (Å²) in [7, 11) is -8.97. The molecule has 0 amide bonds. The molecule has 4 rings (SSSR count). The minimum atomic E-state index is -4.48. The number of aryl methyl sites for hydroxylation is 4. The average molecular weight is 1110 g/mol. The first kappa shape index (κ1) is 63.9. The first-order chi connectivity index (χ1) is 33.0. The fraction of sp³-hybridized carbons (Fsp3) is 0.667. The van der Waals surface area contributed by atoms with E-state index >= 15 is 0 Å². The SMILES string of the molecule is CCCCCCCCCCc1ccc2c(S(=O)(=O)[O-])cccc2c1CCCCCCCCCC.CCCCCCCCCCc1ccc2c(S(=O)(=O)[O-])cccc2c1CCCCCCCCCC.[Ba+2]. The quantitative estimate of drug-likeness (QED) is 0.0251. The smallest absolute Gasteiger partial charge is 0.744 e. The van der Waals surface area contributed by atoms with Crippen molar-refractivity contribution in [3.63, 3.8) is 0 Å². The van der Waals surface area contributed by atoms with Gasteiger partial charge in [0.05, 0.1) is 9.79 Å². The van der Waals surface area contributed by atoms with Crippen LogP contribution in [0.1, 0.15) is 255 Å². The maximum absolute atomic E-state index is 11.8. The molecule has 0 fully saturated rings. The van der Waals surface area contributed by atoms with E-state index in [1.807, 2.05) is 24.3 Å². The van der Waals surface area contributed by atoms with Gasteiger partial charge in [0.2, 0.25) is 0 Å². The van der Waals surface area contributed by atoms with Crippen molar-refractivity contribution in [3.8, 4) is 0 Å². The standard InChI is InChI=1S/2C30H48O3S.Ba/c2*1-3-5-7-9-11-13-15-17-20-26-24-25-29-28(22-19-23-30(29)34(31,32)33)27(26)21-18-16-14-12-10-8-6-4-2;/h2*19,22-25H,3-18,20-21H2,1-2H3,(H,31,32,33);/q;;+2/p-2. The largest absolute Gasteiger partial charge is 2.00 e. The van der Waals surface area contributed by atoms with Crippen molar-refractivity contribution in [2.45, 2.75) is 269 Å². The summed E-state index contributed by atoms with van der Waals surface area (Å²) < 4.78 is 71.0. The maximum atomic E-state index is 11.8. The second-order valence-corrected chi connectivity index (χ2v) is 22.6. The topological polar surface area (TPSA) is 114 Å².